The average molecular weight is 596 g/mol. The van der Waals surface area contributed by atoms with E-state index in [1.165, 1.54) is 26.0 Å². The maximum atomic E-state index is 12.9. The van der Waals surface area contributed by atoms with E-state index in [-0.39, 0.29) is 6.54 Å². The first-order chi connectivity index (χ1) is 19.7. The van der Waals surface area contributed by atoms with Gasteiger partial charge in [-0.25, -0.2) is 0 Å². The Morgan fingerprint density at radius 1 is 0.738 bits per heavy atom. The number of benzene rings is 1. The van der Waals surface area contributed by atoms with Crippen molar-refractivity contribution in [2.75, 3.05) is 27.4 Å². The fourth-order valence-corrected chi connectivity index (χ4v) is 4.85. The maximum Gasteiger partial charge on any atom is 0.303 e. The van der Waals surface area contributed by atoms with E-state index >= 15 is 0 Å². The third-order valence-corrected chi connectivity index (χ3v) is 6.33. The Kier molecular flexibility index (Phi) is 12.1. The maximum absolute atomic E-state index is 12.9. The highest BCUT2D eigenvalue weighted by atomic mass is 16.6. The fraction of sp³-hybridized carbons (Fsp3) is 0.571. The molecule has 1 aromatic rings. The van der Waals surface area contributed by atoms with Crippen molar-refractivity contribution in [2.24, 2.45) is 0 Å². The minimum absolute atomic E-state index is 0.173. The molecule has 0 saturated heterocycles. The van der Waals surface area contributed by atoms with Gasteiger partial charge < -0.3 is 38.1 Å². The van der Waals surface area contributed by atoms with Gasteiger partial charge in [0.05, 0.1) is 20.3 Å². The largest absolute Gasteiger partial charge is 0.493 e. The third-order valence-electron chi connectivity index (χ3n) is 6.33. The average Bonchev–Trinajstić information content (AvgIpc) is 2.89. The highest BCUT2D eigenvalue weighted by Crippen LogP contribution is 2.42. The lowest BCUT2D eigenvalue weighted by Gasteiger charge is -2.44. The van der Waals surface area contributed by atoms with Crippen molar-refractivity contribution >= 4 is 35.8 Å². The van der Waals surface area contributed by atoms with Crippen LogP contribution in [0.1, 0.15) is 58.7 Å². The van der Waals surface area contributed by atoms with Crippen LogP contribution in [0.2, 0.25) is 0 Å². The van der Waals surface area contributed by atoms with Crippen molar-refractivity contribution in [2.45, 2.75) is 78.4 Å². The molecule has 42 heavy (non-hydrogen) atoms. The van der Waals surface area contributed by atoms with Gasteiger partial charge in [-0.05, 0) is 29.7 Å². The second kappa shape index (κ2) is 15.0. The summed E-state index contributed by atoms with van der Waals surface area (Å²) in [6.45, 7) is 6.32. The first-order valence-electron chi connectivity index (χ1n) is 13.0. The SMILES string of the molecule is COc1cc2c(cc1OC)[C@@H]([C@@H](OC(C)=O)[C@@H](OC(C)=O)[C@H](OC(C)=O)[C@H](COC(C)=O)OC(C)=O)N(C(C)=O)CC2. The second-order valence-corrected chi connectivity index (χ2v) is 9.49. The highest BCUT2D eigenvalue weighted by molar-refractivity contribution is 5.75. The Hall–Kier alpha value is -4.36. The van der Waals surface area contributed by atoms with E-state index < -0.39 is 72.8 Å². The summed E-state index contributed by atoms with van der Waals surface area (Å²) < 4.78 is 38.2. The van der Waals surface area contributed by atoms with Crippen LogP contribution >= 0.6 is 0 Å². The molecule has 0 radical (unpaired) electrons. The minimum Gasteiger partial charge on any atom is -0.493 e. The van der Waals surface area contributed by atoms with Gasteiger partial charge in [-0.2, -0.15) is 0 Å². The number of carbonyl (C=O) groups is 6. The zero-order chi connectivity index (χ0) is 31.7. The molecular weight excluding hydrogens is 558 g/mol. The Morgan fingerprint density at radius 2 is 1.26 bits per heavy atom. The standard InChI is InChI=1S/C28H37NO13/c1-14(30)29-10-9-20-11-22(36-7)23(37-8)12-21(20)25(29)27(41-18(5)34)28(42-19(6)35)26(40-17(4)33)24(39-16(3)32)13-38-15(2)31/h11-12,24-28H,9-10,13H2,1-8H3/t24-,25-,26+,27+,28-/m0/s1. The highest BCUT2D eigenvalue weighted by Gasteiger charge is 2.50. The number of hydrogen-bond acceptors (Lipinski definition) is 13. The molecule has 0 aliphatic carbocycles. The summed E-state index contributed by atoms with van der Waals surface area (Å²) in [7, 11) is 2.89. The molecular formula is C28H37NO13. The number of nitrogens with zero attached hydrogens (tertiary/aromatic N) is 1. The number of amides is 1. The number of ether oxygens (including phenoxy) is 7. The molecule has 14 heteroatoms. The summed E-state index contributed by atoms with van der Waals surface area (Å²) in [5, 5.41) is 0. The Bertz CT molecular complexity index is 1200. The van der Waals surface area contributed by atoms with Crippen LogP contribution in [-0.2, 0) is 58.9 Å². The molecule has 1 aromatic carbocycles. The zero-order valence-corrected chi connectivity index (χ0v) is 24.9. The van der Waals surface area contributed by atoms with E-state index in [0.717, 1.165) is 40.2 Å². The molecule has 14 nitrogen and oxygen atoms in total. The summed E-state index contributed by atoms with van der Waals surface area (Å²) in [4.78, 5) is 75.3. The monoisotopic (exact) mass is 595 g/mol. The van der Waals surface area contributed by atoms with Gasteiger partial charge in [-0.3, -0.25) is 28.8 Å². The summed E-state index contributed by atoms with van der Waals surface area (Å²) in [6, 6.07) is 2.22. The lowest BCUT2D eigenvalue weighted by atomic mass is 9.84. The fourth-order valence-electron chi connectivity index (χ4n) is 4.85. The first kappa shape index (κ1) is 33.8. The van der Waals surface area contributed by atoms with Gasteiger partial charge in [-0.1, -0.05) is 0 Å². The van der Waals surface area contributed by atoms with Gasteiger partial charge in [-0.15, -0.1) is 0 Å². The van der Waals surface area contributed by atoms with Crippen LogP contribution < -0.4 is 9.47 Å². The van der Waals surface area contributed by atoms with Gasteiger partial charge in [0.15, 0.2) is 35.9 Å². The summed E-state index contributed by atoms with van der Waals surface area (Å²) in [6.07, 6.45) is -5.95. The van der Waals surface area contributed by atoms with E-state index in [0.29, 0.717) is 23.5 Å². The van der Waals surface area contributed by atoms with Gasteiger partial charge in [0.25, 0.3) is 0 Å². The van der Waals surface area contributed by atoms with Crippen LogP contribution in [0.5, 0.6) is 11.5 Å². The summed E-state index contributed by atoms with van der Waals surface area (Å²) >= 11 is 0. The molecule has 0 N–H and O–H groups in total. The van der Waals surface area contributed by atoms with Crippen LogP contribution in [-0.4, -0.2) is 92.4 Å². The lowest BCUT2D eigenvalue weighted by Crippen LogP contribution is -2.57. The molecule has 0 aromatic heterocycles. The molecule has 5 atom stereocenters. The van der Waals surface area contributed by atoms with Crippen molar-refractivity contribution in [1.82, 2.24) is 4.90 Å². The molecule has 0 spiro atoms. The van der Waals surface area contributed by atoms with E-state index in [9.17, 15) is 28.8 Å². The van der Waals surface area contributed by atoms with Gasteiger partial charge in [0.1, 0.15) is 6.61 Å². The van der Waals surface area contributed by atoms with Crippen molar-refractivity contribution in [1.29, 1.82) is 0 Å². The number of rotatable bonds is 12. The number of methoxy groups -OCH3 is 2. The molecule has 1 aliphatic heterocycles. The predicted octanol–water partition coefficient (Wildman–Crippen LogP) is 1.44. The molecule has 0 unspecified atom stereocenters. The van der Waals surface area contributed by atoms with E-state index in [1.54, 1.807) is 12.1 Å². The molecule has 1 heterocycles. The molecule has 1 aliphatic rings. The Labute approximate surface area is 243 Å². The summed E-state index contributed by atoms with van der Waals surface area (Å²) in [5.41, 5.74) is 1.19. The van der Waals surface area contributed by atoms with Crippen molar-refractivity contribution in [3.63, 3.8) is 0 Å². The van der Waals surface area contributed by atoms with Gasteiger partial charge in [0, 0.05) is 48.1 Å². The first-order valence-corrected chi connectivity index (χ1v) is 13.0. The van der Waals surface area contributed by atoms with Crippen molar-refractivity contribution in [3.05, 3.63) is 23.3 Å². The number of hydrogen-bond donors (Lipinski definition) is 0. The molecule has 1 amide bonds. The molecule has 0 saturated carbocycles. The van der Waals surface area contributed by atoms with E-state index in [4.69, 9.17) is 33.2 Å². The van der Waals surface area contributed by atoms with Crippen LogP contribution in [0, 0.1) is 0 Å². The van der Waals surface area contributed by atoms with Crippen LogP contribution in [0.3, 0.4) is 0 Å². The number of fused-ring (bicyclic) bond motifs is 1. The third kappa shape index (κ3) is 8.82. The van der Waals surface area contributed by atoms with Crippen LogP contribution in [0.4, 0.5) is 0 Å². The predicted molar refractivity (Wildman–Crippen MR) is 142 cm³/mol. The summed E-state index contributed by atoms with van der Waals surface area (Å²) in [5.74, 6) is -3.82. The lowest BCUT2D eigenvalue weighted by molar-refractivity contribution is -0.208. The topological polar surface area (TPSA) is 170 Å². The van der Waals surface area contributed by atoms with Gasteiger partial charge in [0.2, 0.25) is 5.91 Å². The molecule has 2 rings (SSSR count). The van der Waals surface area contributed by atoms with E-state index in [1.807, 2.05) is 0 Å². The van der Waals surface area contributed by atoms with E-state index in [2.05, 4.69) is 0 Å². The smallest absolute Gasteiger partial charge is 0.303 e. The molecule has 0 bridgehead atoms. The number of esters is 5. The molecule has 0 fully saturated rings. The van der Waals surface area contributed by atoms with Gasteiger partial charge >= 0.3 is 29.8 Å². The number of carbonyl (C=O) groups excluding carboxylic acids is 6. The van der Waals surface area contributed by atoms with Crippen LogP contribution in [0.25, 0.3) is 0 Å². The Morgan fingerprint density at radius 3 is 1.74 bits per heavy atom. The Balaban J connectivity index is 2.88. The minimum atomic E-state index is -1.67. The quantitative estimate of drug-likeness (QED) is 0.251. The second-order valence-electron chi connectivity index (χ2n) is 9.49. The molecule has 232 valence electrons. The van der Waals surface area contributed by atoms with Crippen molar-refractivity contribution < 1.29 is 61.9 Å². The normalized spacial score (nSPS) is 16.9. The zero-order valence-electron chi connectivity index (χ0n) is 24.9. The van der Waals surface area contributed by atoms with Crippen LogP contribution in [0.15, 0.2) is 12.1 Å². The van der Waals surface area contributed by atoms with Crippen molar-refractivity contribution in [3.8, 4) is 11.5 Å².